The third-order valence-corrected chi connectivity index (χ3v) is 6.52. The fourth-order valence-corrected chi connectivity index (χ4v) is 5.06. The normalized spacial score (nSPS) is 24.9. The molecule has 0 N–H and O–H groups in total. The summed E-state index contributed by atoms with van der Waals surface area (Å²) in [4.78, 5) is 29.6. The number of piperidine rings is 1. The summed E-state index contributed by atoms with van der Waals surface area (Å²) < 4.78 is 10.6. The molecular weight excluding hydrogens is 344 g/mol. The molecule has 0 aromatic rings. The van der Waals surface area contributed by atoms with Crippen LogP contribution in [-0.4, -0.2) is 73.7 Å². The molecule has 2 aliphatic heterocycles. The van der Waals surface area contributed by atoms with Crippen LogP contribution in [-0.2, 0) is 19.1 Å². The zero-order valence-corrected chi connectivity index (χ0v) is 16.9. The summed E-state index contributed by atoms with van der Waals surface area (Å²) in [5.74, 6) is 1.07. The summed E-state index contributed by atoms with van der Waals surface area (Å²) in [6.45, 7) is 3.04. The number of hydrogen-bond acceptors (Lipinski definition) is 4. The van der Waals surface area contributed by atoms with E-state index in [0.717, 1.165) is 44.6 Å². The van der Waals surface area contributed by atoms with E-state index in [1.54, 1.807) is 7.11 Å². The highest BCUT2D eigenvalue weighted by Gasteiger charge is 2.35. The maximum absolute atomic E-state index is 12.8. The van der Waals surface area contributed by atoms with Crippen molar-refractivity contribution in [3.05, 3.63) is 0 Å². The molecule has 0 bridgehead atoms. The number of likely N-dealkylation sites (tertiary alicyclic amines) is 1. The zero-order chi connectivity index (χ0) is 19.1. The fraction of sp³-hybridized carbons (Fsp3) is 0.905. The molecule has 1 atom stereocenters. The molecule has 0 spiro atoms. The first-order valence-corrected chi connectivity index (χ1v) is 10.8. The van der Waals surface area contributed by atoms with Crippen LogP contribution in [0.2, 0.25) is 0 Å². The SMILES string of the molecule is COCC(=O)N(C1CCOCC1)C1CCCN(C(=O)CCC2CCCC2)C1. The van der Waals surface area contributed by atoms with Gasteiger partial charge >= 0.3 is 0 Å². The summed E-state index contributed by atoms with van der Waals surface area (Å²) in [6.07, 6.45) is 10.6. The predicted molar refractivity (Wildman–Crippen MR) is 103 cm³/mol. The molecule has 2 amide bonds. The van der Waals surface area contributed by atoms with Crippen LogP contribution in [0.4, 0.5) is 0 Å². The molecule has 0 radical (unpaired) electrons. The fourth-order valence-electron chi connectivity index (χ4n) is 5.06. The van der Waals surface area contributed by atoms with Crippen molar-refractivity contribution in [2.45, 2.75) is 76.3 Å². The molecule has 0 aromatic heterocycles. The Bertz CT molecular complexity index is 487. The standard InChI is InChI=1S/C21H36N2O4/c1-26-16-21(25)23(18-10-13-27-14-11-18)19-7-4-12-22(15-19)20(24)9-8-17-5-2-3-6-17/h17-19H,2-16H2,1H3. The monoisotopic (exact) mass is 380 g/mol. The van der Waals surface area contributed by atoms with E-state index in [1.165, 1.54) is 25.7 Å². The van der Waals surface area contributed by atoms with Crippen LogP contribution in [0.1, 0.15) is 64.2 Å². The molecule has 3 aliphatic rings. The Balaban J connectivity index is 1.58. The van der Waals surface area contributed by atoms with E-state index >= 15 is 0 Å². The van der Waals surface area contributed by atoms with Gasteiger partial charge in [-0.05, 0) is 38.0 Å². The summed E-state index contributed by atoms with van der Waals surface area (Å²) >= 11 is 0. The van der Waals surface area contributed by atoms with Gasteiger partial charge in [-0.2, -0.15) is 0 Å². The zero-order valence-electron chi connectivity index (χ0n) is 16.9. The minimum atomic E-state index is 0.0506. The van der Waals surface area contributed by atoms with E-state index in [9.17, 15) is 9.59 Å². The van der Waals surface area contributed by atoms with Crippen LogP contribution < -0.4 is 0 Å². The number of amides is 2. The molecule has 2 saturated heterocycles. The van der Waals surface area contributed by atoms with Gasteiger partial charge in [-0.1, -0.05) is 25.7 Å². The molecule has 1 unspecified atom stereocenters. The van der Waals surface area contributed by atoms with E-state index in [2.05, 4.69) is 0 Å². The Labute approximate surface area is 163 Å². The van der Waals surface area contributed by atoms with Crippen molar-refractivity contribution >= 4 is 11.8 Å². The van der Waals surface area contributed by atoms with Crippen molar-refractivity contribution in [3.63, 3.8) is 0 Å². The van der Waals surface area contributed by atoms with Gasteiger partial charge in [-0.15, -0.1) is 0 Å². The second-order valence-corrected chi connectivity index (χ2v) is 8.40. The minimum absolute atomic E-state index is 0.0506. The highest BCUT2D eigenvalue weighted by atomic mass is 16.5. The molecule has 3 rings (SSSR count). The third-order valence-electron chi connectivity index (χ3n) is 6.52. The molecule has 1 saturated carbocycles. The number of nitrogens with zero attached hydrogens (tertiary/aromatic N) is 2. The lowest BCUT2D eigenvalue weighted by Gasteiger charge is -2.44. The summed E-state index contributed by atoms with van der Waals surface area (Å²) in [6, 6.07) is 0.319. The van der Waals surface area contributed by atoms with Gasteiger partial charge in [0, 0.05) is 51.9 Å². The van der Waals surface area contributed by atoms with Crippen LogP contribution in [0.15, 0.2) is 0 Å². The average Bonchev–Trinajstić information content (AvgIpc) is 3.21. The van der Waals surface area contributed by atoms with Crippen LogP contribution >= 0.6 is 0 Å². The van der Waals surface area contributed by atoms with Gasteiger partial charge in [0.15, 0.2) is 0 Å². The van der Waals surface area contributed by atoms with Gasteiger partial charge in [0.05, 0.1) is 0 Å². The number of carbonyl (C=O) groups excluding carboxylic acids is 2. The molecule has 0 aromatic carbocycles. The Morgan fingerprint density at radius 2 is 1.78 bits per heavy atom. The van der Waals surface area contributed by atoms with Gasteiger partial charge in [-0.3, -0.25) is 9.59 Å². The highest BCUT2D eigenvalue weighted by molar-refractivity contribution is 5.79. The van der Waals surface area contributed by atoms with Gasteiger partial charge in [0.2, 0.25) is 11.8 Å². The molecule has 2 heterocycles. The molecule has 3 fully saturated rings. The van der Waals surface area contributed by atoms with Gasteiger partial charge < -0.3 is 19.3 Å². The van der Waals surface area contributed by atoms with E-state index < -0.39 is 0 Å². The first kappa shape index (κ1) is 20.6. The van der Waals surface area contributed by atoms with Gasteiger partial charge in [0.1, 0.15) is 6.61 Å². The lowest BCUT2D eigenvalue weighted by Crippen LogP contribution is -2.56. The number of carbonyl (C=O) groups is 2. The molecule has 27 heavy (non-hydrogen) atoms. The topological polar surface area (TPSA) is 59.1 Å². The second-order valence-electron chi connectivity index (χ2n) is 8.40. The Hall–Kier alpha value is -1.14. The van der Waals surface area contributed by atoms with Crippen molar-refractivity contribution in [2.24, 2.45) is 5.92 Å². The lowest BCUT2D eigenvalue weighted by molar-refractivity contribution is -0.147. The maximum atomic E-state index is 12.8. The van der Waals surface area contributed by atoms with Crippen LogP contribution in [0, 0.1) is 5.92 Å². The van der Waals surface area contributed by atoms with Crippen LogP contribution in [0.3, 0.4) is 0 Å². The van der Waals surface area contributed by atoms with Gasteiger partial charge in [-0.25, -0.2) is 0 Å². The van der Waals surface area contributed by atoms with E-state index in [4.69, 9.17) is 9.47 Å². The Morgan fingerprint density at radius 3 is 2.48 bits per heavy atom. The van der Waals surface area contributed by atoms with Crippen molar-refractivity contribution in [1.29, 1.82) is 0 Å². The average molecular weight is 381 g/mol. The summed E-state index contributed by atoms with van der Waals surface area (Å²) in [5, 5.41) is 0. The third kappa shape index (κ3) is 5.67. The van der Waals surface area contributed by atoms with Crippen molar-refractivity contribution in [2.75, 3.05) is 40.0 Å². The minimum Gasteiger partial charge on any atom is -0.381 e. The molecule has 154 valence electrons. The summed E-state index contributed by atoms with van der Waals surface area (Å²) in [7, 11) is 1.57. The quantitative estimate of drug-likeness (QED) is 0.681. The molecule has 6 nitrogen and oxygen atoms in total. The smallest absolute Gasteiger partial charge is 0.249 e. The number of ether oxygens (including phenoxy) is 2. The van der Waals surface area contributed by atoms with Crippen LogP contribution in [0.25, 0.3) is 0 Å². The summed E-state index contributed by atoms with van der Waals surface area (Å²) in [5.41, 5.74) is 0. The first-order valence-electron chi connectivity index (χ1n) is 10.8. The first-order chi connectivity index (χ1) is 13.2. The number of hydrogen-bond donors (Lipinski definition) is 0. The van der Waals surface area contributed by atoms with Crippen molar-refractivity contribution < 1.29 is 19.1 Å². The predicted octanol–water partition coefficient (Wildman–Crippen LogP) is 2.60. The Kier molecular flexibility index (Phi) is 7.94. The number of rotatable bonds is 7. The van der Waals surface area contributed by atoms with Crippen molar-refractivity contribution in [1.82, 2.24) is 9.80 Å². The second kappa shape index (κ2) is 10.4. The Morgan fingerprint density at radius 1 is 1.04 bits per heavy atom. The van der Waals surface area contributed by atoms with Crippen molar-refractivity contribution in [3.8, 4) is 0 Å². The lowest BCUT2D eigenvalue weighted by atomic mass is 9.97. The highest BCUT2D eigenvalue weighted by Crippen LogP contribution is 2.29. The molecule has 1 aliphatic carbocycles. The van der Waals surface area contributed by atoms with Crippen LogP contribution in [0.5, 0.6) is 0 Å². The maximum Gasteiger partial charge on any atom is 0.249 e. The van der Waals surface area contributed by atoms with E-state index in [-0.39, 0.29) is 30.5 Å². The largest absolute Gasteiger partial charge is 0.381 e. The van der Waals surface area contributed by atoms with E-state index in [0.29, 0.717) is 26.2 Å². The molecule has 6 heteroatoms. The molecular formula is C21H36N2O4. The van der Waals surface area contributed by atoms with E-state index in [1.807, 2.05) is 9.80 Å². The van der Waals surface area contributed by atoms with Gasteiger partial charge in [0.25, 0.3) is 0 Å². The number of methoxy groups -OCH3 is 1.